The molecule has 1 aliphatic heterocycles. The molecule has 3 rings (SSSR count). The molecule has 0 spiro atoms. The Balaban J connectivity index is 1.67. The van der Waals surface area contributed by atoms with Crippen molar-refractivity contribution in [2.45, 2.75) is 18.9 Å². The number of hydrogen-bond donors (Lipinski definition) is 1. The number of hydrogen-bond acceptors (Lipinski definition) is 4. The molecule has 2 heterocycles. The summed E-state index contributed by atoms with van der Waals surface area (Å²) in [6, 6.07) is 8.14. The van der Waals surface area contributed by atoms with Crippen molar-refractivity contribution >= 4 is 22.8 Å². The molecule has 1 aliphatic rings. The Bertz CT molecular complexity index is 756. The molecule has 6 heteroatoms. The monoisotopic (exact) mass is 323 g/mol. The zero-order valence-electron chi connectivity index (χ0n) is 13.8. The van der Waals surface area contributed by atoms with Gasteiger partial charge in [0.15, 0.2) is 0 Å². The molecule has 1 aromatic carbocycles. The number of nitrogens with zero attached hydrogens (tertiary/aromatic N) is 4. The van der Waals surface area contributed by atoms with Gasteiger partial charge in [-0.1, -0.05) is 18.1 Å². The van der Waals surface area contributed by atoms with E-state index in [0.29, 0.717) is 0 Å². The Kier molecular flexibility index (Phi) is 4.80. The number of urea groups is 1. The predicted molar refractivity (Wildman–Crippen MR) is 94.8 cm³/mol. The molecule has 0 atom stereocenters. The second-order valence-corrected chi connectivity index (χ2v) is 5.91. The van der Waals surface area contributed by atoms with E-state index in [1.165, 1.54) is 0 Å². The minimum atomic E-state index is -0.112. The average Bonchev–Trinajstić information content (AvgIpc) is 2.65. The zero-order valence-corrected chi connectivity index (χ0v) is 13.8. The fraction of sp³-hybridized carbons (Fsp3) is 0.389. The third-order valence-electron chi connectivity index (χ3n) is 4.50. The van der Waals surface area contributed by atoms with Crippen LogP contribution in [0.1, 0.15) is 12.8 Å². The second-order valence-electron chi connectivity index (χ2n) is 5.91. The second kappa shape index (κ2) is 7.18. The molecule has 2 amide bonds. The lowest BCUT2D eigenvalue weighted by Crippen LogP contribution is -2.49. The number of amides is 2. The van der Waals surface area contributed by atoms with Crippen molar-refractivity contribution in [1.29, 1.82) is 0 Å². The molecular weight excluding hydrogens is 302 g/mol. The van der Waals surface area contributed by atoms with Crippen LogP contribution in [-0.2, 0) is 0 Å². The molecule has 1 saturated heterocycles. The van der Waals surface area contributed by atoms with Crippen molar-refractivity contribution in [2.24, 2.45) is 0 Å². The third kappa shape index (κ3) is 3.25. The lowest BCUT2D eigenvalue weighted by molar-refractivity contribution is 0.181. The van der Waals surface area contributed by atoms with Crippen LogP contribution < -0.4 is 10.2 Å². The molecule has 6 nitrogen and oxygen atoms in total. The van der Waals surface area contributed by atoms with Gasteiger partial charge in [-0.25, -0.2) is 14.8 Å². The summed E-state index contributed by atoms with van der Waals surface area (Å²) in [7, 11) is 1.83. The number of nitrogens with one attached hydrogen (secondary N) is 1. The number of aromatic nitrogens is 2. The highest BCUT2D eigenvalue weighted by atomic mass is 16.2. The van der Waals surface area contributed by atoms with E-state index in [0.717, 1.165) is 42.7 Å². The first-order valence-electron chi connectivity index (χ1n) is 8.09. The number of terminal acetylenes is 1. The maximum Gasteiger partial charge on any atom is 0.318 e. The highest BCUT2D eigenvalue weighted by Gasteiger charge is 2.26. The van der Waals surface area contributed by atoms with Gasteiger partial charge in [-0.3, -0.25) is 0 Å². The minimum absolute atomic E-state index is 0.112. The zero-order chi connectivity index (χ0) is 16.9. The first kappa shape index (κ1) is 16.1. The van der Waals surface area contributed by atoms with Gasteiger partial charge in [0.1, 0.15) is 12.1 Å². The molecular formula is C18H21N5O. The molecule has 24 heavy (non-hydrogen) atoms. The molecule has 2 aromatic rings. The maximum atomic E-state index is 12.0. The van der Waals surface area contributed by atoms with Crippen molar-refractivity contribution in [2.75, 3.05) is 31.6 Å². The lowest BCUT2D eigenvalue weighted by atomic mass is 10.0. The van der Waals surface area contributed by atoms with E-state index in [2.05, 4.69) is 32.2 Å². The largest absolute Gasteiger partial charge is 0.356 e. The van der Waals surface area contributed by atoms with Crippen LogP contribution in [0.15, 0.2) is 30.6 Å². The quantitative estimate of drug-likeness (QED) is 0.876. The first-order valence-corrected chi connectivity index (χ1v) is 8.09. The molecule has 0 unspecified atom stereocenters. The molecule has 1 N–H and O–H groups in total. The van der Waals surface area contributed by atoms with Gasteiger partial charge in [0.2, 0.25) is 0 Å². The minimum Gasteiger partial charge on any atom is -0.356 e. The van der Waals surface area contributed by atoms with Crippen LogP contribution in [0.4, 0.5) is 10.6 Å². The summed E-state index contributed by atoms with van der Waals surface area (Å²) in [5.74, 6) is 3.39. The number of carbonyl (C=O) groups is 1. The Morgan fingerprint density at radius 3 is 2.88 bits per heavy atom. The standard InChI is InChI=1S/C18H21N5O/c1-3-10-19-18(24)22(2)14-8-11-23(12-9-14)17-15-6-4-5-7-16(15)20-13-21-17/h1,4-7,13-14H,8-12H2,2H3,(H,19,24). The first-order chi connectivity index (χ1) is 11.7. The van der Waals surface area contributed by atoms with Gasteiger partial charge in [-0.2, -0.15) is 0 Å². The highest BCUT2D eigenvalue weighted by molar-refractivity contribution is 5.89. The Labute approximate surface area is 141 Å². The molecule has 124 valence electrons. The molecule has 0 radical (unpaired) electrons. The highest BCUT2D eigenvalue weighted by Crippen LogP contribution is 2.26. The summed E-state index contributed by atoms with van der Waals surface area (Å²) in [5.41, 5.74) is 0.954. The molecule has 0 saturated carbocycles. The summed E-state index contributed by atoms with van der Waals surface area (Å²) in [6.07, 6.45) is 8.60. The summed E-state index contributed by atoms with van der Waals surface area (Å²) in [4.78, 5) is 24.8. The van der Waals surface area contributed by atoms with Gasteiger partial charge in [-0.05, 0) is 25.0 Å². The Morgan fingerprint density at radius 2 is 2.12 bits per heavy atom. The Morgan fingerprint density at radius 1 is 1.38 bits per heavy atom. The summed E-state index contributed by atoms with van der Waals surface area (Å²) in [6.45, 7) is 1.98. The summed E-state index contributed by atoms with van der Waals surface area (Å²) in [5, 5.41) is 3.78. The number of piperidine rings is 1. The van der Waals surface area contributed by atoms with Crippen LogP contribution in [0, 0.1) is 12.3 Å². The van der Waals surface area contributed by atoms with E-state index < -0.39 is 0 Å². The number of para-hydroxylation sites is 1. The molecule has 0 aliphatic carbocycles. The smallest absolute Gasteiger partial charge is 0.318 e. The summed E-state index contributed by atoms with van der Waals surface area (Å²) < 4.78 is 0. The van der Waals surface area contributed by atoms with E-state index in [-0.39, 0.29) is 18.6 Å². The number of anilines is 1. The summed E-state index contributed by atoms with van der Waals surface area (Å²) >= 11 is 0. The number of carbonyl (C=O) groups excluding carboxylic acids is 1. The SMILES string of the molecule is C#CCNC(=O)N(C)C1CCN(c2ncnc3ccccc23)CC1. The van der Waals surface area contributed by atoms with E-state index in [1.807, 2.05) is 25.2 Å². The van der Waals surface area contributed by atoms with Gasteiger partial charge in [0.25, 0.3) is 0 Å². The van der Waals surface area contributed by atoms with Crippen LogP contribution in [0.25, 0.3) is 10.9 Å². The van der Waals surface area contributed by atoms with Gasteiger partial charge in [0.05, 0.1) is 12.1 Å². The number of benzene rings is 1. The van der Waals surface area contributed by atoms with E-state index in [9.17, 15) is 4.79 Å². The van der Waals surface area contributed by atoms with Gasteiger partial charge in [-0.15, -0.1) is 6.42 Å². The normalized spacial score (nSPS) is 15.1. The van der Waals surface area contributed by atoms with Crippen molar-refractivity contribution < 1.29 is 4.79 Å². The molecule has 1 fully saturated rings. The van der Waals surface area contributed by atoms with E-state index in [4.69, 9.17) is 6.42 Å². The number of fused-ring (bicyclic) bond motifs is 1. The van der Waals surface area contributed by atoms with Crippen molar-refractivity contribution in [3.8, 4) is 12.3 Å². The van der Waals surface area contributed by atoms with Crippen molar-refractivity contribution in [3.05, 3.63) is 30.6 Å². The lowest BCUT2D eigenvalue weighted by Gasteiger charge is -2.37. The fourth-order valence-electron chi connectivity index (χ4n) is 3.12. The number of rotatable bonds is 3. The molecule has 1 aromatic heterocycles. The van der Waals surface area contributed by atoms with E-state index in [1.54, 1.807) is 11.2 Å². The van der Waals surface area contributed by atoms with Gasteiger partial charge < -0.3 is 15.1 Å². The topological polar surface area (TPSA) is 61.4 Å². The average molecular weight is 323 g/mol. The predicted octanol–water partition coefficient (Wildman–Crippen LogP) is 1.87. The van der Waals surface area contributed by atoms with Crippen LogP contribution in [-0.4, -0.2) is 53.6 Å². The van der Waals surface area contributed by atoms with Crippen LogP contribution in [0.5, 0.6) is 0 Å². The fourth-order valence-corrected chi connectivity index (χ4v) is 3.12. The van der Waals surface area contributed by atoms with Crippen molar-refractivity contribution in [1.82, 2.24) is 20.2 Å². The van der Waals surface area contributed by atoms with Crippen LogP contribution in [0.2, 0.25) is 0 Å². The van der Waals surface area contributed by atoms with Gasteiger partial charge >= 0.3 is 6.03 Å². The van der Waals surface area contributed by atoms with Gasteiger partial charge in [0, 0.05) is 31.6 Å². The maximum absolute atomic E-state index is 12.0. The van der Waals surface area contributed by atoms with Crippen molar-refractivity contribution in [3.63, 3.8) is 0 Å². The van der Waals surface area contributed by atoms with Crippen LogP contribution in [0.3, 0.4) is 0 Å². The van der Waals surface area contributed by atoms with E-state index >= 15 is 0 Å². The molecule has 0 bridgehead atoms. The third-order valence-corrected chi connectivity index (χ3v) is 4.50. The van der Waals surface area contributed by atoms with Crippen LogP contribution >= 0.6 is 0 Å². The Hall–Kier alpha value is -2.81.